The maximum Gasteiger partial charge on any atom is 0.226 e. The minimum atomic E-state index is -1.62. The fraction of sp³-hybridized carbons (Fsp3) is 0.930. The fourth-order valence-corrected chi connectivity index (χ4v) is 14.6. The zero-order valence-corrected chi connectivity index (χ0v) is 34.4. The van der Waals surface area contributed by atoms with Gasteiger partial charge in [-0.2, -0.15) is 0 Å². The summed E-state index contributed by atoms with van der Waals surface area (Å²) in [5, 5.41) is 77.1. The molecule has 7 aliphatic rings. The van der Waals surface area contributed by atoms with Crippen LogP contribution in [0.15, 0.2) is 12.2 Å². The van der Waals surface area contributed by atoms with Gasteiger partial charge in [-0.05, 0) is 124 Å². The van der Waals surface area contributed by atoms with E-state index in [1.54, 1.807) is 0 Å². The van der Waals surface area contributed by atoms with Crippen molar-refractivity contribution in [2.24, 2.45) is 56.7 Å². The monoisotopic (exact) mass is 793 g/mol. The van der Waals surface area contributed by atoms with Crippen LogP contribution in [0.5, 0.6) is 0 Å². The van der Waals surface area contributed by atoms with Gasteiger partial charge in [0.05, 0.1) is 37.4 Å². The molecule has 2 aliphatic heterocycles. The second kappa shape index (κ2) is 15.3. The summed E-state index contributed by atoms with van der Waals surface area (Å²) in [7, 11) is 0. The van der Waals surface area contributed by atoms with Crippen LogP contribution in [0.3, 0.4) is 0 Å². The molecule has 7 rings (SSSR count). The lowest BCUT2D eigenvalue weighted by Gasteiger charge is -2.73. The van der Waals surface area contributed by atoms with Crippen molar-refractivity contribution >= 4 is 5.91 Å². The van der Waals surface area contributed by atoms with E-state index in [9.17, 15) is 40.5 Å². The molecule has 0 radical (unpaired) electrons. The van der Waals surface area contributed by atoms with E-state index in [0.29, 0.717) is 24.2 Å². The number of fused-ring (bicyclic) bond motifs is 7. The molecule has 0 aromatic heterocycles. The Labute approximate surface area is 332 Å². The number of aliphatic hydroxyl groups is 7. The van der Waals surface area contributed by atoms with Crippen molar-refractivity contribution in [1.29, 1.82) is 0 Å². The van der Waals surface area contributed by atoms with Crippen molar-refractivity contribution in [1.82, 2.24) is 5.32 Å². The van der Waals surface area contributed by atoms with Gasteiger partial charge in [-0.3, -0.25) is 4.79 Å². The molecule has 5 saturated carbocycles. The average molecular weight is 794 g/mol. The lowest BCUT2D eigenvalue weighted by molar-refractivity contribution is -0.366. The highest BCUT2D eigenvalue weighted by Crippen LogP contribution is 2.77. The van der Waals surface area contributed by atoms with E-state index in [-0.39, 0.29) is 60.4 Å². The van der Waals surface area contributed by atoms with Crippen LogP contribution in [-0.2, 0) is 23.7 Å². The first-order valence-corrected chi connectivity index (χ1v) is 21.5. The number of nitrogens with one attached hydrogen (secondary N) is 1. The smallest absolute Gasteiger partial charge is 0.226 e. The van der Waals surface area contributed by atoms with Crippen molar-refractivity contribution in [3.8, 4) is 0 Å². The van der Waals surface area contributed by atoms with Crippen molar-refractivity contribution in [2.75, 3.05) is 26.4 Å². The number of aliphatic hydroxyl groups excluding tert-OH is 7. The Morgan fingerprint density at radius 3 is 2.21 bits per heavy atom. The summed E-state index contributed by atoms with van der Waals surface area (Å²) in [6.45, 7) is 17.6. The topological polar surface area (TPSA) is 208 Å². The molecular formula is C43H71NO12. The van der Waals surface area contributed by atoms with Crippen LogP contribution in [0.25, 0.3) is 0 Å². The van der Waals surface area contributed by atoms with E-state index >= 15 is 0 Å². The second-order valence-electron chi connectivity index (χ2n) is 20.2. The van der Waals surface area contributed by atoms with Crippen LogP contribution in [0, 0.1) is 56.7 Å². The Morgan fingerprint density at radius 1 is 0.804 bits per heavy atom. The summed E-state index contributed by atoms with van der Waals surface area (Å²) in [5.41, 5.74) is -0.0592. The molecule has 8 N–H and O–H groups in total. The van der Waals surface area contributed by atoms with E-state index in [2.05, 4.69) is 46.5 Å². The van der Waals surface area contributed by atoms with Gasteiger partial charge in [0.15, 0.2) is 12.6 Å². The molecule has 7 fully saturated rings. The molecule has 20 atom stereocenters. The maximum atomic E-state index is 14.0. The first-order valence-electron chi connectivity index (χ1n) is 21.5. The van der Waals surface area contributed by atoms with Crippen LogP contribution in [0.2, 0.25) is 0 Å². The van der Waals surface area contributed by atoms with Crippen LogP contribution in [-0.4, -0.2) is 129 Å². The SMILES string of the molecule is C=C(C)[C@@H]1CC[C@]2(C(=O)NCCO)CC[C@]3(C)[C@H](CC[C@@H]4[C@@]5(C)CC[C@H](O[C@@H]6OC[C@H](O)[C@H](O)[C@H]6O[C@@H]6O[C@@H](C)[C@H](O)[C@@H](O)[C@H]6O)[C@@](C)(CO)[C@@H]5CC[C@]43C)[C@@H]12. The zero-order chi connectivity index (χ0) is 40.7. The summed E-state index contributed by atoms with van der Waals surface area (Å²) < 4.78 is 24.4. The van der Waals surface area contributed by atoms with Crippen molar-refractivity contribution in [3.63, 3.8) is 0 Å². The first kappa shape index (κ1) is 42.9. The molecule has 56 heavy (non-hydrogen) atoms. The molecule has 2 saturated heterocycles. The van der Waals surface area contributed by atoms with Crippen molar-refractivity contribution in [3.05, 3.63) is 12.2 Å². The van der Waals surface area contributed by atoms with Gasteiger partial charge >= 0.3 is 0 Å². The third-order valence-electron chi connectivity index (χ3n) is 17.8. The second-order valence-corrected chi connectivity index (χ2v) is 20.2. The normalized spacial score (nSPS) is 54.3. The molecule has 13 nitrogen and oxygen atoms in total. The molecule has 1 amide bonds. The molecule has 2 heterocycles. The largest absolute Gasteiger partial charge is 0.396 e. The number of hydrogen-bond donors (Lipinski definition) is 8. The van der Waals surface area contributed by atoms with Gasteiger partial charge in [-0.1, -0.05) is 39.8 Å². The average Bonchev–Trinajstić information content (AvgIpc) is 3.57. The molecule has 0 spiro atoms. The molecule has 0 bridgehead atoms. The van der Waals surface area contributed by atoms with Gasteiger partial charge in [0.2, 0.25) is 5.91 Å². The van der Waals surface area contributed by atoms with Crippen LogP contribution in [0.1, 0.15) is 106 Å². The van der Waals surface area contributed by atoms with E-state index in [1.165, 1.54) is 12.5 Å². The number of ether oxygens (including phenoxy) is 4. The number of hydrogen-bond acceptors (Lipinski definition) is 12. The van der Waals surface area contributed by atoms with E-state index < -0.39 is 72.2 Å². The maximum absolute atomic E-state index is 14.0. The van der Waals surface area contributed by atoms with E-state index in [0.717, 1.165) is 57.8 Å². The summed E-state index contributed by atoms with van der Waals surface area (Å²) in [5.74, 6) is 1.47. The lowest BCUT2D eigenvalue weighted by atomic mass is 9.32. The summed E-state index contributed by atoms with van der Waals surface area (Å²) in [6.07, 6.45) is -3.40. The Balaban J connectivity index is 1.13. The highest BCUT2D eigenvalue weighted by molar-refractivity contribution is 5.84. The van der Waals surface area contributed by atoms with E-state index in [1.807, 2.05) is 0 Å². The fourth-order valence-electron chi connectivity index (χ4n) is 14.6. The first-order chi connectivity index (χ1) is 26.3. The van der Waals surface area contributed by atoms with Crippen LogP contribution in [0.4, 0.5) is 0 Å². The number of rotatable bonds is 9. The minimum absolute atomic E-state index is 0.000666. The van der Waals surface area contributed by atoms with Crippen LogP contribution < -0.4 is 5.32 Å². The Kier molecular flexibility index (Phi) is 11.8. The quantitative estimate of drug-likeness (QED) is 0.125. The van der Waals surface area contributed by atoms with Gasteiger partial charge < -0.3 is 60.0 Å². The number of carbonyl (C=O) groups is 1. The molecule has 0 unspecified atom stereocenters. The Hall–Kier alpha value is -1.23. The van der Waals surface area contributed by atoms with Gasteiger partial charge in [-0.15, -0.1) is 0 Å². The Bertz CT molecular complexity index is 1470. The van der Waals surface area contributed by atoms with Gasteiger partial charge in [0.1, 0.15) is 36.6 Å². The highest BCUT2D eigenvalue weighted by atomic mass is 16.8. The Morgan fingerprint density at radius 2 is 1.54 bits per heavy atom. The van der Waals surface area contributed by atoms with Gasteiger partial charge in [-0.25, -0.2) is 0 Å². The minimum Gasteiger partial charge on any atom is -0.396 e. The summed E-state index contributed by atoms with van der Waals surface area (Å²) in [6, 6.07) is 0. The molecule has 13 heteroatoms. The third kappa shape index (κ3) is 6.31. The van der Waals surface area contributed by atoms with Crippen molar-refractivity contribution in [2.45, 2.75) is 167 Å². The van der Waals surface area contributed by atoms with Crippen molar-refractivity contribution < 1.29 is 59.5 Å². The molecule has 0 aromatic rings. The molecule has 0 aromatic carbocycles. The summed E-state index contributed by atoms with van der Waals surface area (Å²) >= 11 is 0. The van der Waals surface area contributed by atoms with Crippen LogP contribution >= 0.6 is 0 Å². The third-order valence-corrected chi connectivity index (χ3v) is 17.8. The summed E-state index contributed by atoms with van der Waals surface area (Å²) in [4.78, 5) is 14.0. The van der Waals surface area contributed by atoms with E-state index in [4.69, 9.17) is 18.9 Å². The molecular weight excluding hydrogens is 722 g/mol. The number of carbonyl (C=O) groups excluding carboxylic acids is 1. The molecule has 320 valence electrons. The van der Waals surface area contributed by atoms with Gasteiger partial charge in [0, 0.05) is 12.0 Å². The molecule has 5 aliphatic carbocycles. The predicted molar refractivity (Wildman–Crippen MR) is 204 cm³/mol. The number of allylic oxidation sites excluding steroid dienone is 1. The highest BCUT2D eigenvalue weighted by Gasteiger charge is 2.72. The zero-order valence-electron chi connectivity index (χ0n) is 34.4. The number of amides is 1. The lowest BCUT2D eigenvalue weighted by Crippen LogP contribution is -2.68. The standard InChI is InChI=1S/C43H71NO12/c1-22(2)24-10-15-43(38(52)44-18-19-45)17-16-41(6)25(30(24)43)8-9-28-39(4)13-12-29(40(5,21-46)27(39)11-14-42(28,41)7)55-37-35(32(49)26(47)20-53-37)56-36-34(51)33(50)31(48)23(3)54-36/h23-37,45-51H,1,8-21H2,2-7H3,(H,44,52)/t23-,24-,25+,26-,27+,28+,29-,30+,31-,32-,33+,34+,35+,36-,37-,39-,40-,41+,42+,43-/m0/s1. The predicted octanol–water partition coefficient (Wildman–Crippen LogP) is 2.40. The van der Waals surface area contributed by atoms with Gasteiger partial charge in [0.25, 0.3) is 0 Å².